The van der Waals surface area contributed by atoms with Gasteiger partial charge in [-0.15, -0.1) is 0 Å². The number of benzene rings is 1. The van der Waals surface area contributed by atoms with Gasteiger partial charge in [0.1, 0.15) is 5.75 Å². The number of halogens is 1. The van der Waals surface area contributed by atoms with Gasteiger partial charge in [0.2, 0.25) is 0 Å². The monoisotopic (exact) mass is 372 g/mol. The minimum atomic E-state index is -0.971. The number of rotatable bonds is 4. The molecule has 0 atom stereocenters. The van der Waals surface area contributed by atoms with Crippen molar-refractivity contribution in [3.05, 3.63) is 58.0 Å². The fraction of sp³-hybridized carbons (Fsp3) is 0.0588. The number of methoxy groups -OCH3 is 1. The van der Waals surface area contributed by atoms with E-state index in [0.29, 0.717) is 22.5 Å². The van der Waals surface area contributed by atoms with Crippen LogP contribution in [0.15, 0.2) is 41.0 Å². The van der Waals surface area contributed by atoms with Gasteiger partial charge in [-0.1, -0.05) is 22.0 Å². The summed E-state index contributed by atoms with van der Waals surface area (Å²) >= 11 is 3.39. The zero-order valence-corrected chi connectivity index (χ0v) is 13.8. The van der Waals surface area contributed by atoms with Crippen LogP contribution in [0, 0.1) is 0 Å². The highest BCUT2D eigenvalue weighted by Crippen LogP contribution is 2.27. The molecule has 6 heteroatoms. The molecule has 0 fully saturated rings. The van der Waals surface area contributed by atoms with E-state index in [1.165, 1.54) is 0 Å². The first kappa shape index (κ1) is 15.3. The number of carboxylic acid groups (broad SMARTS) is 1. The Kier molecular flexibility index (Phi) is 4.16. The van der Waals surface area contributed by atoms with Crippen LogP contribution in [0.5, 0.6) is 5.75 Å². The Balaban J connectivity index is 2.02. The van der Waals surface area contributed by atoms with Crippen LogP contribution in [0.1, 0.15) is 21.7 Å². The van der Waals surface area contributed by atoms with Crippen molar-refractivity contribution >= 4 is 45.0 Å². The topological polar surface area (TPSA) is 75.2 Å². The van der Waals surface area contributed by atoms with Crippen LogP contribution in [0.4, 0.5) is 0 Å². The predicted molar refractivity (Wildman–Crippen MR) is 92.7 cm³/mol. The second kappa shape index (κ2) is 6.26. The number of hydrogen-bond acceptors (Lipinski definition) is 3. The molecule has 0 aliphatic carbocycles. The largest absolute Gasteiger partial charge is 0.495 e. The van der Waals surface area contributed by atoms with Crippen LogP contribution < -0.4 is 4.74 Å². The third-order valence-corrected chi connectivity index (χ3v) is 3.91. The lowest BCUT2D eigenvalue weighted by molar-refractivity contribution is 0.0699. The van der Waals surface area contributed by atoms with E-state index >= 15 is 0 Å². The number of carbonyl (C=O) groups is 1. The molecule has 0 unspecified atom stereocenters. The summed E-state index contributed by atoms with van der Waals surface area (Å²) < 4.78 is 5.94. The Morgan fingerprint density at radius 1 is 1.30 bits per heavy atom. The summed E-state index contributed by atoms with van der Waals surface area (Å²) in [7, 11) is 1.58. The van der Waals surface area contributed by atoms with Gasteiger partial charge in [0, 0.05) is 15.4 Å². The fourth-order valence-corrected chi connectivity index (χ4v) is 2.69. The van der Waals surface area contributed by atoms with E-state index < -0.39 is 5.97 Å². The maximum Gasteiger partial charge on any atom is 0.338 e. The standard InChI is InChI=1S/C17H13BrN2O3/c1-23-12-5-3-11(19-9-12)4-7-14-16(17(21)22)13-6-2-10(18)8-15(13)20-14/h2-9,20H,1H3,(H,21,22). The number of nitrogens with zero attached hydrogens (tertiary/aromatic N) is 1. The summed E-state index contributed by atoms with van der Waals surface area (Å²) in [5.74, 6) is -0.301. The number of aromatic nitrogens is 2. The summed E-state index contributed by atoms with van der Waals surface area (Å²) in [5.41, 5.74) is 2.25. The number of H-pyrrole nitrogens is 1. The van der Waals surface area contributed by atoms with Gasteiger partial charge in [-0.2, -0.15) is 0 Å². The van der Waals surface area contributed by atoms with Gasteiger partial charge in [-0.3, -0.25) is 4.98 Å². The van der Waals surface area contributed by atoms with Crippen LogP contribution in [0.3, 0.4) is 0 Å². The molecule has 0 saturated heterocycles. The van der Waals surface area contributed by atoms with Crippen molar-refractivity contribution in [3.63, 3.8) is 0 Å². The van der Waals surface area contributed by atoms with Gasteiger partial charge in [0.25, 0.3) is 0 Å². The number of carboxylic acids is 1. The first-order valence-corrected chi connectivity index (χ1v) is 7.60. The first-order chi connectivity index (χ1) is 11.1. The molecule has 3 rings (SSSR count). The number of fused-ring (bicyclic) bond motifs is 1. The molecule has 0 bridgehead atoms. The molecule has 0 amide bonds. The molecule has 3 aromatic rings. The van der Waals surface area contributed by atoms with Crippen molar-refractivity contribution in [2.45, 2.75) is 0 Å². The van der Waals surface area contributed by atoms with Crippen LogP contribution in [-0.4, -0.2) is 28.2 Å². The van der Waals surface area contributed by atoms with Gasteiger partial charge in [-0.05, 0) is 36.4 Å². The number of nitrogens with one attached hydrogen (secondary N) is 1. The minimum Gasteiger partial charge on any atom is -0.495 e. The molecule has 5 nitrogen and oxygen atoms in total. The zero-order chi connectivity index (χ0) is 16.4. The smallest absolute Gasteiger partial charge is 0.338 e. The lowest BCUT2D eigenvalue weighted by Crippen LogP contribution is -1.97. The van der Waals surface area contributed by atoms with Crippen LogP contribution in [-0.2, 0) is 0 Å². The molecule has 0 aliphatic rings. The summed E-state index contributed by atoms with van der Waals surface area (Å²) in [6, 6.07) is 9.05. The molecule has 2 heterocycles. The van der Waals surface area contributed by atoms with E-state index in [9.17, 15) is 9.90 Å². The van der Waals surface area contributed by atoms with Gasteiger partial charge in [-0.25, -0.2) is 4.79 Å². The van der Waals surface area contributed by atoms with E-state index in [-0.39, 0.29) is 5.56 Å². The highest BCUT2D eigenvalue weighted by atomic mass is 79.9. The Hall–Kier alpha value is -2.60. The molecular formula is C17H13BrN2O3. The lowest BCUT2D eigenvalue weighted by Gasteiger charge is -1.98. The third kappa shape index (κ3) is 3.12. The molecule has 2 N–H and O–H groups in total. The molecule has 0 radical (unpaired) electrons. The number of pyridine rings is 1. The Labute approximate surface area is 140 Å². The van der Waals surface area contributed by atoms with Crippen molar-refractivity contribution in [2.24, 2.45) is 0 Å². The van der Waals surface area contributed by atoms with Crippen molar-refractivity contribution in [3.8, 4) is 5.75 Å². The second-order valence-electron chi connectivity index (χ2n) is 4.86. The molecule has 0 aliphatic heterocycles. The Bertz CT molecular complexity index is 898. The first-order valence-electron chi connectivity index (χ1n) is 6.81. The molecule has 0 saturated carbocycles. The summed E-state index contributed by atoms with van der Waals surface area (Å²) in [5, 5.41) is 10.2. The van der Waals surface area contributed by atoms with Crippen LogP contribution in [0.2, 0.25) is 0 Å². The van der Waals surface area contributed by atoms with E-state index in [4.69, 9.17) is 4.74 Å². The second-order valence-corrected chi connectivity index (χ2v) is 5.78. The summed E-state index contributed by atoms with van der Waals surface area (Å²) in [6.07, 6.45) is 5.08. The maximum absolute atomic E-state index is 11.6. The molecule has 0 spiro atoms. The molecule has 23 heavy (non-hydrogen) atoms. The van der Waals surface area contributed by atoms with E-state index in [1.807, 2.05) is 12.1 Å². The fourth-order valence-electron chi connectivity index (χ4n) is 2.33. The highest BCUT2D eigenvalue weighted by molar-refractivity contribution is 9.10. The quantitative estimate of drug-likeness (QED) is 0.719. The zero-order valence-electron chi connectivity index (χ0n) is 12.2. The van der Waals surface area contributed by atoms with Crippen molar-refractivity contribution < 1.29 is 14.6 Å². The summed E-state index contributed by atoms with van der Waals surface area (Å²) in [6.45, 7) is 0. The van der Waals surface area contributed by atoms with E-state index in [0.717, 1.165) is 9.99 Å². The Morgan fingerprint density at radius 3 is 2.78 bits per heavy atom. The average Bonchev–Trinajstić information content (AvgIpc) is 2.91. The molecular weight excluding hydrogens is 360 g/mol. The molecule has 2 aromatic heterocycles. The normalized spacial score (nSPS) is 11.2. The molecule has 1 aromatic carbocycles. The third-order valence-electron chi connectivity index (χ3n) is 3.42. The van der Waals surface area contributed by atoms with Crippen LogP contribution >= 0.6 is 15.9 Å². The van der Waals surface area contributed by atoms with Crippen LogP contribution in [0.25, 0.3) is 23.1 Å². The highest BCUT2D eigenvalue weighted by Gasteiger charge is 2.16. The summed E-state index contributed by atoms with van der Waals surface area (Å²) in [4.78, 5) is 18.9. The SMILES string of the molecule is COc1ccc(C=Cc2[nH]c3cc(Br)ccc3c2C(=O)O)nc1. The molecule has 116 valence electrons. The number of hydrogen-bond donors (Lipinski definition) is 2. The lowest BCUT2D eigenvalue weighted by atomic mass is 10.1. The van der Waals surface area contributed by atoms with E-state index in [2.05, 4.69) is 25.9 Å². The van der Waals surface area contributed by atoms with Gasteiger partial charge in [0.05, 0.1) is 30.3 Å². The minimum absolute atomic E-state index is 0.247. The van der Waals surface area contributed by atoms with Crippen molar-refractivity contribution in [1.29, 1.82) is 0 Å². The van der Waals surface area contributed by atoms with E-state index in [1.54, 1.807) is 43.7 Å². The van der Waals surface area contributed by atoms with Gasteiger partial charge in [0.15, 0.2) is 0 Å². The number of aromatic amines is 1. The number of aromatic carboxylic acids is 1. The van der Waals surface area contributed by atoms with Crippen molar-refractivity contribution in [2.75, 3.05) is 7.11 Å². The number of ether oxygens (including phenoxy) is 1. The predicted octanol–water partition coefficient (Wildman–Crippen LogP) is 4.20. The van der Waals surface area contributed by atoms with Gasteiger partial charge >= 0.3 is 5.97 Å². The van der Waals surface area contributed by atoms with Crippen molar-refractivity contribution in [1.82, 2.24) is 9.97 Å². The van der Waals surface area contributed by atoms with Gasteiger partial charge < -0.3 is 14.8 Å². The Morgan fingerprint density at radius 2 is 2.13 bits per heavy atom. The maximum atomic E-state index is 11.6. The average molecular weight is 373 g/mol.